The van der Waals surface area contributed by atoms with E-state index < -0.39 is 18.6 Å². The first kappa shape index (κ1) is 18.1. The number of hydrogen-bond donors (Lipinski definition) is 2. The number of alkyl halides is 2. The van der Waals surface area contributed by atoms with Crippen molar-refractivity contribution in [2.45, 2.75) is 32.9 Å². The predicted octanol–water partition coefficient (Wildman–Crippen LogP) is 4.02. The molecule has 0 radical (unpaired) electrons. The molecule has 0 fully saturated rings. The van der Waals surface area contributed by atoms with Gasteiger partial charge >= 0.3 is 6.61 Å². The Labute approximate surface area is 135 Å². The van der Waals surface area contributed by atoms with Gasteiger partial charge in [-0.2, -0.15) is 8.78 Å². The standard InChI is InChI=1S/C13H16BrClF2N2O2/c1-3-6(2)10(18)12(20)19-9-5-7(15)4-8(14)11(9)21-13(16)17/h4-6,10,13H,3,18H2,1-2H3,(H,19,20)/t6?,10-/m0/s1. The van der Waals surface area contributed by atoms with E-state index in [4.69, 9.17) is 17.3 Å². The molecule has 0 saturated carbocycles. The molecule has 118 valence electrons. The topological polar surface area (TPSA) is 64.4 Å². The van der Waals surface area contributed by atoms with Gasteiger partial charge in [0.25, 0.3) is 0 Å². The molecule has 1 unspecified atom stereocenters. The molecule has 4 nitrogen and oxygen atoms in total. The van der Waals surface area contributed by atoms with Crippen molar-refractivity contribution in [3.05, 3.63) is 21.6 Å². The Bertz CT molecular complexity index is 517. The summed E-state index contributed by atoms with van der Waals surface area (Å²) >= 11 is 8.93. The maximum Gasteiger partial charge on any atom is 0.387 e. The Kier molecular flexibility index (Phi) is 6.83. The van der Waals surface area contributed by atoms with E-state index in [9.17, 15) is 13.6 Å². The molecule has 1 aromatic rings. The Hall–Kier alpha value is -0.920. The van der Waals surface area contributed by atoms with Crippen LogP contribution >= 0.6 is 27.5 Å². The summed E-state index contributed by atoms with van der Waals surface area (Å²) in [6, 6.07) is 1.96. The van der Waals surface area contributed by atoms with Gasteiger partial charge in [-0.3, -0.25) is 4.79 Å². The number of halogens is 4. The van der Waals surface area contributed by atoms with Crippen LogP contribution in [0.2, 0.25) is 5.02 Å². The number of carbonyl (C=O) groups is 1. The molecule has 0 aliphatic rings. The van der Waals surface area contributed by atoms with Crippen molar-refractivity contribution >= 4 is 39.1 Å². The zero-order valence-corrected chi connectivity index (χ0v) is 13.8. The highest BCUT2D eigenvalue weighted by Crippen LogP contribution is 2.37. The van der Waals surface area contributed by atoms with Gasteiger partial charge in [0.1, 0.15) is 0 Å². The number of rotatable bonds is 6. The first-order valence-electron chi connectivity index (χ1n) is 6.26. The monoisotopic (exact) mass is 384 g/mol. The number of ether oxygens (including phenoxy) is 1. The summed E-state index contributed by atoms with van der Waals surface area (Å²) in [5.74, 6) is -0.733. The third kappa shape index (κ3) is 5.09. The van der Waals surface area contributed by atoms with E-state index >= 15 is 0 Å². The summed E-state index contributed by atoms with van der Waals surface area (Å²) in [5.41, 5.74) is 5.84. The minimum absolute atomic E-state index is 0.0402. The van der Waals surface area contributed by atoms with Crippen molar-refractivity contribution in [1.82, 2.24) is 0 Å². The quantitative estimate of drug-likeness (QED) is 0.777. The third-order valence-electron chi connectivity index (χ3n) is 3.03. The zero-order valence-electron chi connectivity index (χ0n) is 11.5. The third-order valence-corrected chi connectivity index (χ3v) is 3.84. The van der Waals surface area contributed by atoms with Crippen molar-refractivity contribution in [2.24, 2.45) is 11.7 Å². The molecule has 1 rings (SSSR count). The molecule has 0 spiro atoms. The molecule has 0 saturated heterocycles. The summed E-state index contributed by atoms with van der Waals surface area (Å²) in [4.78, 5) is 12.0. The van der Waals surface area contributed by atoms with Gasteiger partial charge < -0.3 is 15.8 Å². The van der Waals surface area contributed by atoms with E-state index in [1.807, 2.05) is 13.8 Å². The highest BCUT2D eigenvalue weighted by atomic mass is 79.9. The van der Waals surface area contributed by atoms with Gasteiger partial charge in [-0.15, -0.1) is 0 Å². The number of benzene rings is 1. The Balaban J connectivity index is 3.03. The second-order valence-corrected chi connectivity index (χ2v) is 5.83. The predicted molar refractivity (Wildman–Crippen MR) is 81.8 cm³/mol. The van der Waals surface area contributed by atoms with Crippen LogP contribution in [0.25, 0.3) is 0 Å². The molecule has 0 heterocycles. The summed E-state index contributed by atoms with van der Waals surface area (Å²) in [7, 11) is 0. The smallest absolute Gasteiger partial charge is 0.387 e. The van der Waals surface area contributed by atoms with Crippen LogP contribution in [0.5, 0.6) is 5.75 Å². The molecular formula is C13H16BrClF2N2O2. The number of carbonyl (C=O) groups excluding carboxylic acids is 1. The SMILES string of the molecule is CCC(C)[C@H](N)C(=O)Nc1cc(Cl)cc(Br)c1OC(F)F. The zero-order chi connectivity index (χ0) is 16.2. The number of nitrogens with two attached hydrogens (primary N) is 1. The van der Waals surface area contributed by atoms with Gasteiger partial charge in [-0.25, -0.2) is 0 Å². The number of nitrogens with one attached hydrogen (secondary N) is 1. The Morgan fingerprint density at radius 3 is 2.67 bits per heavy atom. The lowest BCUT2D eigenvalue weighted by Gasteiger charge is -2.19. The molecule has 0 aliphatic carbocycles. The number of anilines is 1. The van der Waals surface area contributed by atoms with Crippen LogP contribution in [0.15, 0.2) is 16.6 Å². The summed E-state index contributed by atoms with van der Waals surface area (Å²) in [6.07, 6.45) is 0.716. The second-order valence-electron chi connectivity index (χ2n) is 4.54. The van der Waals surface area contributed by atoms with Gasteiger partial charge in [-0.1, -0.05) is 31.9 Å². The normalized spacial score (nSPS) is 13.9. The van der Waals surface area contributed by atoms with Crippen molar-refractivity contribution in [1.29, 1.82) is 0 Å². The van der Waals surface area contributed by atoms with Crippen LogP contribution in [-0.4, -0.2) is 18.6 Å². The molecule has 0 bridgehead atoms. The largest absolute Gasteiger partial charge is 0.431 e. The minimum Gasteiger partial charge on any atom is -0.431 e. The van der Waals surface area contributed by atoms with Gasteiger partial charge in [0.05, 0.1) is 16.2 Å². The van der Waals surface area contributed by atoms with Crippen molar-refractivity contribution in [3.8, 4) is 5.75 Å². The van der Waals surface area contributed by atoms with Crippen molar-refractivity contribution < 1.29 is 18.3 Å². The highest BCUT2D eigenvalue weighted by Gasteiger charge is 2.22. The average Bonchev–Trinajstić information content (AvgIpc) is 2.40. The number of hydrogen-bond acceptors (Lipinski definition) is 3. The molecule has 8 heteroatoms. The number of amides is 1. The summed E-state index contributed by atoms with van der Waals surface area (Å²) in [6.45, 7) is 0.703. The van der Waals surface area contributed by atoms with Crippen molar-refractivity contribution in [2.75, 3.05) is 5.32 Å². The molecule has 2 atom stereocenters. The maximum absolute atomic E-state index is 12.4. The maximum atomic E-state index is 12.4. The average molecular weight is 386 g/mol. The first-order valence-corrected chi connectivity index (χ1v) is 7.43. The fourth-order valence-electron chi connectivity index (χ4n) is 1.59. The lowest BCUT2D eigenvalue weighted by molar-refractivity contribution is -0.118. The van der Waals surface area contributed by atoms with Crippen LogP contribution in [0, 0.1) is 5.92 Å². The van der Waals surface area contributed by atoms with Crippen LogP contribution in [0.4, 0.5) is 14.5 Å². The van der Waals surface area contributed by atoms with Crippen LogP contribution in [0.1, 0.15) is 20.3 Å². The van der Waals surface area contributed by atoms with E-state index in [0.717, 1.165) is 0 Å². The van der Waals surface area contributed by atoms with E-state index in [1.165, 1.54) is 12.1 Å². The highest BCUT2D eigenvalue weighted by molar-refractivity contribution is 9.10. The van der Waals surface area contributed by atoms with E-state index in [-0.39, 0.29) is 26.9 Å². The Morgan fingerprint density at radius 2 is 2.14 bits per heavy atom. The van der Waals surface area contributed by atoms with Gasteiger partial charge in [0, 0.05) is 5.02 Å². The van der Waals surface area contributed by atoms with Gasteiger partial charge in [0.15, 0.2) is 5.75 Å². The molecule has 21 heavy (non-hydrogen) atoms. The molecule has 1 aromatic carbocycles. The van der Waals surface area contributed by atoms with Crippen molar-refractivity contribution in [3.63, 3.8) is 0 Å². The summed E-state index contributed by atoms with van der Waals surface area (Å²) in [5, 5.41) is 2.74. The lowest BCUT2D eigenvalue weighted by Crippen LogP contribution is -2.40. The molecular weight excluding hydrogens is 370 g/mol. The minimum atomic E-state index is -3.03. The lowest BCUT2D eigenvalue weighted by atomic mass is 9.99. The van der Waals surface area contributed by atoms with E-state index in [2.05, 4.69) is 26.0 Å². The van der Waals surface area contributed by atoms with Crippen LogP contribution < -0.4 is 15.8 Å². The van der Waals surface area contributed by atoms with Crippen LogP contribution in [-0.2, 0) is 4.79 Å². The molecule has 3 N–H and O–H groups in total. The molecule has 0 aliphatic heterocycles. The fourth-order valence-corrected chi connectivity index (χ4v) is 2.49. The fraction of sp³-hybridized carbons (Fsp3) is 0.462. The first-order chi connectivity index (χ1) is 9.76. The van der Waals surface area contributed by atoms with E-state index in [1.54, 1.807) is 0 Å². The second kappa shape index (κ2) is 7.91. The van der Waals surface area contributed by atoms with Crippen LogP contribution in [0.3, 0.4) is 0 Å². The Morgan fingerprint density at radius 1 is 1.52 bits per heavy atom. The van der Waals surface area contributed by atoms with Gasteiger partial charge in [0.2, 0.25) is 5.91 Å². The molecule has 0 aromatic heterocycles. The molecule has 1 amide bonds. The summed E-state index contributed by atoms with van der Waals surface area (Å²) < 4.78 is 29.5. The van der Waals surface area contributed by atoms with E-state index in [0.29, 0.717) is 6.42 Å². The van der Waals surface area contributed by atoms with Gasteiger partial charge in [-0.05, 0) is 34.0 Å².